The fourth-order valence-corrected chi connectivity index (χ4v) is 1.08. The van der Waals surface area contributed by atoms with Gasteiger partial charge in [0.05, 0.1) is 22.8 Å². The number of methoxy groups -OCH3 is 1. The molecule has 1 aromatic carbocycles. The van der Waals surface area contributed by atoms with Crippen molar-refractivity contribution in [2.24, 2.45) is 10.7 Å². The van der Waals surface area contributed by atoms with Gasteiger partial charge in [-0.05, 0) is 40.2 Å². The number of ether oxygens (including phenoxy) is 1. The molecule has 2 N–H and O–H groups in total. The summed E-state index contributed by atoms with van der Waals surface area (Å²) in [6.45, 7) is 0. The zero-order chi connectivity index (χ0) is 12.0. The second kappa shape index (κ2) is 6.07. The first-order valence-electron chi connectivity index (χ1n) is 4.47. The largest absolute Gasteiger partial charge is 0.465 e. The second-order valence-electron chi connectivity index (χ2n) is 2.85. The molecule has 0 aliphatic heterocycles. The summed E-state index contributed by atoms with van der Waals surface area (Å²) in [6.07, 6.45) is 2.97. The number of hydrogen-bond donors (Lipinski definition) is 1. The Hall–Kier alpha value is -1.62. The number of aliphatic imine (C=N–C) groups is 1. The van der Waals surface area contributed by atoms with Crippen LogP contribution in [-0.4, -0.2) is 19.3 Å². The molecule has 16 heavy (non-hydrogen) atoms. The molecular weight excluding hydrogens is 272 g/mol. The molecule has 5 heteroatoms. The van der Waals surface area contributed by atoms with Crippen LogP contribution in [0.2, 0.25) is 0 Å². The molecule has 0 unspecified atom stereocenters. The van der Waals surface area contributed by atoms with Gasteiger partial charge in [-0.2, -0.15) is 0 Å². The van der Waals surface area contributed by atoms with Crippen LogP contribution >= 0.6 is 15.9 Å². The SMILES string of the molecule is COC(=O)c1ccc(N=CC(Br)=CN)cc1. The van der Waals surface area contributed by atoms with Gasteiger partial charge in [0.15, 0.2) is 0 Å². The van der Waals surface area contributed by atoms with Crippen LogP contribution in [0.5, 0.6) is 0 Å². The number of nitrogens with two attached hydrogens (primary N) is 1. The Bertz CT molecular complexity index is 424. The molecule has 0 amide bonds. The average Bonchev–Trinajstić information content (AvgIpc) is 2.35. The quantitative estimate of drug-likeness (QED) is 0.684. The average molecular weight is 283 g/mol. The van der Waals surface area contributed by atoms with Gasteiger partial charge in [0.1, 0.15) is 0 Å². The van der Waals surface area contributed by atoms with Crippen LogP contribution in [0, 0.1) is 0 Å². The molecule has 4 nitrogen and oxygen atoms in total. The Balaban J connectivity index is 2.79. The van der Waals surface area contributed by atoms with E-state index in [9.17, 15) is 4.79 Å². The maximum Gasteiger partial charge on any atom is 0.337 e. The van der Waals surface area contributed by atoms with Gasteiger partial charge in [-0.3, -0.25) is 4.99 Å². The molecule has 0 fully saturated rings. The van der Waals surface area contributed by atoms with Crippen molar-refractivity contribution in [2.75, 3.05) is 7.11 Å². The minimum atomic E-state index is -0.362. The lowest BCUT2D eigenvalue weighted by Gasteiger charge is -1.98. The van der Waals surface area contributed by atoms with Crippen molar-refractivity contribution in [1.82, 2.24) is 0 Å². The van der Waals surface area contributed by atoms with Crippen molar-refractivity contribution in [2.45, 2.75) is 0 Å². The van der Waals surface area contributed by atoms with Crippen molar-refractivity contribution < 1.29 is 9.53 Å². The topological polar surface area (TPSA) is 64.7 Å². The highest BCUT2D eigenvalue weighted by Crippen LogP contribution is 2.14. The molecule has 0 aromatic heterocycles. The van der Waals surface area contributed by atoms with Gasteiger partial charge < -0.3 is 10.5 Å². The third-order valence-electron chi connectivity index (χ3n) is 1.78. The number of halogens is 1. The van der Waals surface area contributed by atoms with Crippen LogP contribution in [-0.2, 0) is 4.74 Å². The number of hydrogen-bond acceptors (Lipinski definition) is 4. The van der Waals surface area contributed by atoms with E-state index in [1.807, 2.05) is 0 Å². The molecule has 0 bridgehead atoms. The molecule has 0 saturated heterocycles. The Kier molecular flexibility index (Phi) is 4.72. The van der Waals surface area contributed by atoms with E-state index in [1.165, 1.54) is 13.3 Å². The number of esters is 1. The number of rotatable bonds is 3. The van der Waals surface area contributed by atoms with E-state index in [4.69, 9.17) is 5.73 Å². The van der Waals surface area contributed by atoms with Crippen molar-refractivity contribution in [1.29, 1.82) is 0 Å². The highest BCUT2D eigenvalue weighted by molar-refractivity contribution is 9.12. The normalized spacial score (nSPS) is 11.8. The highest BCUT2D eigenvalue weighted by atomic mass is 79.9. The van der Waals surface area contributed by atoms with Crippen molar-refractivity contribution >= 4 is 33.8 Å². The van der Waals surface area contributed by atoms with Crippen molar-refractivity contribution in [3.8, 4) is 0 Å². The smallest absolute Gasteiger partial charge is 0.337 e. The van der Waals surface area contributed by atoms with Crippen LogP contribution in [0.4, 0.5) is 5.69 Å². The molecule has 0 saturated carbocycles. The number of nitrogens with zero attached hydrogens (tertiary/aromatic N) is 1. The maximum atomic E-state index is 11.1. The van der Waals surface area contributed by atoms with Crippen LogP contribution in [0.1, 0.15) is 10.4 Å². The molecule has 0 aliphatic rings. The van der Waals surface area contributed by atoms with E-state index in [2.05, 4.69) is 25.7 Å². The van der Waals surface area contributed by atoms with E-state index in [0.717, 1.165) is 5.69 Å². The number of benzene rings is 1. The van der Waals surface area contributed by atoms with Gasteiger partial charge >= 0.3 is 5.97 Å². The first-order valence-corrected chi connectivity index (χ1v) is 5.26. The predicted molar refractivity (Wildman–Crippen MR) is 67.1 cm³/mol. The van der Waals surface area contributed by atoms with Crippen molar-refractivity contribution in [3.63, 3.8) is 0 Å². The Morgan fingerprint density at radius 1 is 1.44 bits per heavy atom. The molecule has 0 heterocycles. The van der Waals surface area contributed by atoms with Gasteiger partial charge in [0, 0.05) is 12.4 Å². The number of allylic oxidation sites excluding steroid dienone is 1. The van der Waals surface area contributed by atoms with Crippen LogP contribution in [0.15, 0.2) is 39.9 Å². The third kappa shape index (κ3) is 3.51. The molecule has 0 radical (unpaired) electrons. The Labute approximate surface area is 102 Å². The maximum absolute atomic E-state index is 11.1. The number of carbonyl (C=O) groups excluding carboxylic acids is 1. The first kappa shape index (κ1) is 12.4. The monoisotopic (exact) mass is 282 g/mol. The minimum absolute atomic E-state index is 0.362. The molecule has 1 rings (SSSR count). The van der Waals surface area contributed by atoms with Gasteiger partial charge in [0.2, 0.25) is 0 Å². The summed E-state index contributed by atoms with van der Waals surface area (Å²) in [6, 6.07) is 6.75. The summed E-state index contributed by atoms with van der Waals surface area (Å²) in [5.74, 6) is -0.362. The van der Waals surface area contributed by atoms with E-state index < -0.39 is 0 Å². The highest BCUT2D eigenvalue weighted by Gasteiger charge is 2.03. The summed E-state index contributed by atoms with van der Waals surface area (Å²) < 4.78 is 5.27. The van der Waals surface area contributed by atoms with Gasteiger partial charge in [0.25, 0.3) is 0 Å². The Morgan fingerprint density at radius 2 is 2.06 bits per heavy atom. The van der Waals surface area contributed by atoms with Crippen LogP contribution in [0.25, 0.3) is 0 Å². The number of carbonyl (C=O) groups is 1. The summed E-state index contributed by atoms with van der Waals surface area (Å²) in [5, 5.41) is 0. The Morgan fingerprint density at radius 3 is 2.56 bits per heavy atom. The zero-order valence-electron chi connectivity index (χ0n) is 8.68. The van der Waals surface area contributed by atoms with E-state index >= 15 is 0 Å². The molecule has 0 aliphatic carbocycles. The second-order valence-corrected chi connectivity index (χ2v) is 3.76. The third-order valence-corrected chi connectivity index (χ3v) is 2.25. The lowest BCUT2D eigenvalue weighted by Crippen LogP contribution is -1.99. The lowest BCUT2D eigenvalue weighted by molar-refractivity contribution is 0.0601. The molecule has 0 atom stereocenters. The first-order chi connectivity index (χ1) is 7.67. The molecule has 0 spiro atoms. The van der Waals surface area contributed by atoms with Gasteiger partial charge in [-0.15, -0.1) is 0 Å². The van der Waals surface area contributed by atoms with Crippen molar-refractivity contribution in [3.05, 3.63) is 40.5 Å². The zero-order valence-corrected chi connectivity index (χ0v) is 10.3. The summed E-state index contributed by atoms with van der Waals surface area (Å²) in [7, 11) is 1.34. The fraction of sp³-hybridized carbons (Fsp3) is 0.0909. The summed E-state index contributed by atoms with van der Waals surface area (Å²) >= 11 is 3.20. The summed E-state index contributed by atoms with van der Waals surface area (Å²) in [4.78, 5) is 15.3. The van der Waals surface area contributed by atoms with E-state index in [0.29, 0.717) is 10.0 Å². The van der Waals surface area contributed by atoms with Crippen LogP contribution in [0.3, 0.4) is 0 Å². The standard InChI is InChI=1S/C11H11BrN2O2/c1-16-11(15)8-2-4-10(5-3-8)14-7-9(12)6-13/h2-7H,13H2,1H3. The van der Waals surface area contributed by atoms with E-state index in [-0.39, 0.29) is 5.97 Å². The van der Waals surface area contributed by atoms with Gasteiger partial charge in [-0.25, -0.2) is 4.79 Å². The molecule has 1 aromatic rings. The van der Waals surface area contributed by atoms with E-state index in [1.54, 1.807) is 30.5 Å². The lowest BCUT2D eigenvalue weighted by atomic mass is 10.2. The molecule has 84 valence electrons. The fourth-order valence-electron chi connectivity index (χ4n) is 0.981. The van der Waals surface area contributed by atoms with Gasteiger partial charge in [-0.1, -0.05) is 0 Å². The summed E-state index contributed by atoms with van der Waals surface area (Å²) in [5.41, 5.74) is 6.48. The van der Waals surface area contributed by atoms with Crippen LogP contribution < -0.4 is 5.73 Å². The molecular formula is C11H11BrN2O2. The minimum Gasteiger partial charge on any atom is -0.465 e. The predicted octanol–water partition coefficient (Wildman–Crippen LogP) is 2.37.